The smallest absolute Gasteiger partial charge is 0.313 e. The maximum Gasteiger partial charge on any atom is 0.313 e. The van der Waals surface area contributed by atoms with Crippen LogP contribution in [0.3, 0.4) is 0 Å². The maximum atomic E-state index is 12.3. The van der Waals surface area contributed by atoms with Crippen molar-refractivity contribution in [3.05, 3.63) is 114 Å². The summed E-state index contributed by atoms with van der Waals surface area (Å²) in [5, 5.41) is 4.33. The third-order valence-corrected chi connectivity index (χ3v) is 8.04. The Kier molecular flexibility index (Phi) is 6.90. The minimum absolute atomic E-state index is 0.207. The second-order valence-electron chi connectivity index (χ2n) is 11.6. The van der Waals surface area contributed by atoms with Crippen LogP contribution in [0.4, 0.5) is 11.4 Å². The summed E-state index contributed by atoms with van der Waals surface area (Å²) in [5.74, 6) is 0.847. The summed E-state index contributed by atoms with van der Waals surface area (Å²) >= 11 is 0. The van der Waals surface area contributed by atoms with Crippen molar-refractivity contribution >= 4 is 45.0 Å². The molecule has 5 heteroatoms. The molecule has 5 aromatic rings. The molecule has 0 bridgehead atoms. The van der Waals surface area contributed by atoms with Gasteiger partial charge < -0.3 is 19.3 Å². The van der Waals surface area contributed by atoms with Gasteiger partial charge in [-0.1, -0.05) is 68.4 Å². The van der Waals surface area contributed by atoms with E-state index in [1.807, 2.05) is 52.2 Å². The first kappa shape index (κ1) is 27.4. The molecule has 1 aliphatic heterocycles. The van der Waals surface area contributed by atoms with Crippen molar-refractivity contribution in [3.63, 3.8) is 0 Å². The zero-order valence-corrected chi connectivity index (χ0v) is 25.0. The number of hydrogen-bond donors (Lipinski definition) is 0. The van der Waals surface area contributed by atoms with Crippen LogP contribution in [0.15, 0.2) is 97.1 Å². The van der Waals surface area contributed by atoms with E-state index < -0.39 is 5.60 Å². The van der Waals surface area contributed by atoms with E-state index in [2.05, 4.69) is 103 Å². The number of benzene rings is 5. The van der Waals surface area contributed by atoms with Crippen molar-refractivity contribution in [2.24, 2.45) is 5.92 Å². The molecule has 1 heterocycles. The predicted octanol–water partition coefficient (Wildman–Crippen LogP) is 8.04. The predicted molar refractivity (Wildman–Crippen MR) is 174 cm³/mol. The van der Waals surface area contributed by atoms with Gasteiger partial charge in [0, 0.05) is 61.6 Å². The molecule has 0 fully saturated rings. The monoisotopic (exact) mass is 556 g/mol. The second kappa shape index (κ2) is 10.6. The third kappa shape index (κ3) is 4.65. The Morgan fingerprint density at radius 2 is 1.50 bits per heavy atom. The Balaban J connectivity index is 1.56. The van der Waals surface area contributed by atoms with Crippen LogP contribution in [-0.2, 0) is 10.4 Å². The molecule has 0 radical (unpaired) electrons. The molecule has 0 saturated carbocycles. The summed E-state index contributed by atoms with van der Waals surface area (Å²) in [6.45, 7) is 3.67. The average molecular weight is 557 g/mol. The topological polar surface area (TPSA) is 42.0 Å². The molecule has 0 aromatic heterocycles. The summed E-state index contributed by atoms with van der Waals surface area (Å²) < 4.78 is 12.8. The minimum Gasteiger partial charge on any atom is -0.473 e. The minimum atomic E-state index is -0.863. The normalized spacial score (nSPS) is 15.9. The van der Waals surface area contributed by atoms with Gasteiger partial charge in [0.15, 0.2) is 5.60 Å². The Morgan fingerprint density at radius 3 is 2.19 bits per heavy atom. The lowest BCUT2D eigenvalue weighted by Crippen LogP contribution is -2.34. The van der Waals surface area contributed by atoms with Gasteiger partial charge in [-0.25, -0.2) is 0 Å². The first-order valence-electron chi connectivity index (χ1n) is 14.3. The van der Waals surface area contributed by atoms with Gasteiger partial charge in [0.05, 0.1) is 5.92 Å². The summed E-state index contributed by atoms with van der Waals surface area (Å²) in [5.41, 5.74) is 4.49. The number of carbonyl (C=O) groups excluding carboxylic acids is 1. The fourth-order valence-corrected chi connectivity index (χ4v) is 5.73. The Hall–Kier alpha value is -4.77. The number of anilines is 2. The van der Waals surface area contributed by atoms with E-state index in [4.69, 9.17) is 9.47 Å². The van der Waals surface area contributed by atoms with Gasteiger partial charge in [0.25, 0.3) is 0 Å². The number of nitrogens with zero attached hydrogens (tertiary/aromatic N) is 2. The van der Waals surface area contributed by atoms with Crippen LogP contribution in [-0.4, -0.2) is 34.2 Å². The number of fused-ring (bicyclic) bond motifs is 4. The summed E-state index contributed by atoms with van der Waals surface area (Å²) in [7, 11) is 8.23. The van der Waals surface area contributed by atoms with Crippen LogP contribution in [0.2, 0.25) is 0 Å². The molecule has 0 aliphatic carbocycles. The lowest BCUT2D eigenvalue weighted by Gasteiger charge is -2.37. The van der Waals surface area contributed by atoms with Gasteiger partial charge in [0.1, 0.15) is 11.5 Å². The standard InChI is InChI=1S/C37H36N2O3/c1-24(2)36(40)41-28-17-11-25-12-20-35-31(32(25)23-28)21-22-37(42-35,26-13-15-27(16-14-26)38(3)4)33-18-19-34(39(5)6)30-10-8-7-9-29(30)33/h7-24H,1-6H3. The van der Waals surface area contributed by atoms with E-state index >= 15 is 0 Å². The molecule has 1 aliphatic rings. The summed E-state index contributed by atoms with van der Waals surface area (Å²) in [4.78, 5) is 16.6. The number of rotatable bonds is 6. The highest BCUT2D eigenvalue weighted by molar-refractivity contribution is 5.99. The molecule has 1 atom stereocenters. The number of hydrogen-bond acceptors (Lipinski definition) is 5. The van der Waals surface area contributed by atoms with Crippen LogP contribution < -0.4 is 19.3 Å². The third-order valence-electron chi connectivity index (χ3n) is 8.04. The van der Waals surface area contributed by atoms with Gasteiger partial charge in [-0.05, 0) is 64.7 Å². The number of ether oxygens (including phenoxy) is 2. The van der Waals surface area contributed by atoms with E-state index in [9.17, 15) is 4.79 Å². The van der Waals surface area contributed by atoms with Gasteiger partial charge in [0.2, 0.25) is 0 Å². The van der Waals surface area contributed by atoms with Gasteiger partial charge >= 0.3 is 5.97 Å². The van der Waals surface area contributed by atoms with Gasteiger partial charge in [-0.2, -0.15) is 0 Å². The molecular weight excluding hydrogens is 520 g/mol. The molecule has 0 N–H and O–H groups in total. The Bertz CT molecular complexity index is 1840. The first-order chi connectivity index (χ1) is 20.2. The van der Waals surface area contributed by atoms with Crippen molar-refractivity contribution < 1.29 is 14.3 Å². The highest BCUT2D eigenvalue weighted by atomic mass is 16.5. The Labute approximate surface area is 247 Å². The van der Waals surface area contributed by atoms with Crippen molar-refractivity contribution in [2.45, 2.75) is 19.4 Å². The SMILES string of the molecule is CC(C)C(=O)Oc1ccc2ccc3c(c2c1)C=CC(c1ccc(N(C)C)cc1)(c1ccc(N(C)C)c2ccccc12)O3. The van der Waals surface area contributed by atoms with Gasteiger partial charge in [-0.3, -0.25) is 4.79 Å². The molecule has 6 rings (SSSR count). The molecule has 5 nitrogen and oxygen atoms in total. The quantitative estimate of drug-likeness (QED) is 0.156. The molecule has 0 amide bonds. The van der Waals surface area contributed by atoms with Crippen LogP contribution in [0.5, 0.6) is 11.5 Å². The summed E-state index contributed by atoms with van der Waals surface area (Å²) in [6, 6.07) is 31.3. The summed E-state index contributed by atoms with van der Waals surface area (Å²) in [6.07, 6.45) is 4.33. The highest BCUT2D eigenvalue weighted by Crippen LogP contribution is 2.47. The fourth-order valence-electron chi connectivity index (χ4n) is 5.73. The lowest BCUT2D eigenvalue weighted by atomic mass is 9.80. The van der Waals surface area contributed by atoms with Crippen molar-refractivity contribution in [1.82, 2.24) is 0 Å². The highest BCUT2D eigenvalue weighted by Gasteiger charge is 2.39. The van der Waals surface area contributed by atoms with Crippen molar-refractivity contribution in [2.75, 3.05) is 38.0 Å². The zero-order chi connectivity index (χ0) is 29.6. The van der Waals surface area contributed by atoms with Crippen LogP contribution in [0.25, 0.3) is 27.6 Å². The molecular formula is C37H36N2O3. The zero-order valence-electron chi connectivity index (χ0n) is 25.0. The second-order valence-corrected chi connectivity index (χ2v) is 11.6. The van der Waals surface area contributed by atoms with Crippen LogP contribution in [0.1, 0.15) is 30.5 Å². The van der Waals surface area contributed by atoms with Gasteiger partial charge in [-0.15, -0.1) is 0 Å². The first-order valence-corrected chi connectivity index (χ1v) is 14.3. The molecule has 5 aromatic carbocycles. The van der Waals surface area contributed by atoms with E-state index in [-0.39, 0.29) is 11.9 Å². The number of carbonyl (C=O) groups is 1. The fraction of sp³-hybridized carbons (Fsp3) is 0.216. The van der Waals surface area contributed by atoms with E-state index in [1.54, 1.807) is 0 Å². The van der Waals surface area contributed by atoms with Crippen LogP contribution in [0, 0.1) is 5.92 Å². The lowest BCUT2D eigenvalue weighted by molar-refractivity contribution is -0.137. The molecule has 1 unspecified atom stereocenters. The van der Waals surface area contributed by atoms with Crippen molar-refractivity contribution in [3.8, 4) is 11.5 Å². The van der Waals surface area contributed by atoms with Crippen LogP contribution >= 0.6 is 0 Å². The molecule has 212 valence electrons. The van der Waals surface area contributed by atoms with E-state index in [0.717, 1.165) is 50.0 Å². The maximum absolute atomic E-state index is 12.3. The molecule has 0 saturated heterocycles. The molecule has 0 spiro atoms. The largest absolute Gasteiger partial charge is 0.473 e. The van der Waals surface area contributed by atoms with Crippen molar-refractivity contribution in [1.29, 1.82) is 0 Å². The Morgan fingerprint density at radius 1 is 0.786 bits per heavy atom. The average Bonchev–Trinajstić information content (AvgIpc) is 3.00. The van der Waals surface area contributed by atoms with E-state index in [1.165, 1.54) is 5.39 Å². The molecule has 42 heavy (non-hydrogen) atoms. The number of esters is 1. The van der Waals surface area contributed by atoms with E-state index in [0.29, 0.717) is 5.75 Å².